The molecule has 3 aromatic rings. The second-order valence-electron chi connectivity index (χ2n) is 8.49. The van der Waals surface area contributed by atoms with Crippen LogP contribution < -0.4 is 21.4 Å². The van der Waals surface area contributed by atoms with Crippen LogP contribution in [-0.4, -0.2) is 41.6 Å². The van der Waals surface area contributed by atoms with Crippen LogP contribution in [0.25, 0.3) is 0 Å². The molecule has 37 heavy (non-hydrogen) atoms. The van der Waals surface area contributed by atoms with Gasteiger partial charge in [-0.25, -0.2) is 5.48 Å². The van der Waals surface area contributed by atoms with Gasteiger partial charge >= 0.3 is 0 Å². The molecule has 0 aromatic heterocycles. The van der Waals surface area contributed by atoms with Crippen LogP contribution in [0.4, 0.5) is 0 Å². The third-order valence-electron chi connectivity index (χ3n) is 5.71. The molecule has 0 aliphatic rings. The molecule has 0 fully saturated rings. The van der Waals surface area contributed by atoms with Crippen LogP contribution in [0.5, 0.6) is 0 Å². The highest BCUT2D eigenvalue weighted by atomic mass is 16.5. The summed E-state index contributed by atoms with van der Waals surface area (Å²) in [6.45, 7) is 3.51. The molecule has 1 unspecified atom stereocenters. The Morgan fingerprint density at radius 2 is 1.35 bits per heavy atom. The van der Waals surface area contributed by atoms with Crippen molar-refractivity contribution < 1.29 is 19.6 Å². The minimum atomic E-state index is -1.20. The Bertz CT molecular complexity index is 1250. The number of nitrogens with one attached hydrogen (secondary N) is 4. The van der Waals surface area contributed by atoms with Gasteiger partial charge in [0.15, 0.2) is 0 Å². The fourth-order valence-corrected chi connectivity index (χ4v) is 3.58. The van der Waals surface area contributed by atoms with E-state index in [1.807, 2.05) is 67.6 Å². The van der Waals surface area contributed by atoms with Gasteiger partial charge in [0.05, 0.1) is 12.6 Å². The van der Waals surface area contributed by atoms with Crippen molar-refractivity contribution in [3.05, 3.63) is 107 Å². The number of amides is 3. The van der Waals surface area contributed by atoms with E-state index in [0.29, 0.717) is 5.56 Å². The van der Waals surface area contributed by atoms with E-state index in [1.165, 1.54) is 0 Å². The summed E-state index contributed by atoms with van der Waals surface area (Å²) in [5, 5.41) is 17.6. The van der Waals surface area contributed by atoms with E-state index in [2.05, 4.69) is 27.8 Å². The van der Waals surface area contributed by atoms with Crippen molar-refractivity contribution in [3.63, 3.8) is 0 Å². The number of hydroxylamine groups is 1. The van der Waals surface area contributed by atoms with Crippen molar-refractivity contribution in [2.45, 2.75) is 32.0 Å². The third kappa shape index (κ3) is 8.32. The Kier molecular flexibility index (Phi) is 9.97. The Balaban J connectivity index is 1.58. The fraction of sp³-hybridized carbons (Fsp3) is 0.207. The van der Waals surface area contributed by atoms with Gasteiger partial charge in [-0.05, 0) is 55.8 Å². The van der Waals surface area contributed by atoms with Crippen molar-refractivity contribution in [1.29, 1.82) is 0 Å². The Morgan fingerprint density at radius 3 is 1.95 bits per heavy atom. The molecule has 0 aliphatic heterocycles. The Labute approximate surface area is 216 Å². The summed E-state index contributed by atoms with van der Waals surface area (Å²) in [5.41, 5.74) is 4.49. The molecule has 0 aliphatic carbocycles. The molecule has 0 spiro atoms. The van der Waals surface area contributed by atoms with E-state index in [1.54, 1.807) is 36.7 Å². The maximum Gasteiger partial charge on any atom is 0.268 e. The van der Waals surface area contributed by atoms with Crippen molar-refractivity contribution in [2.75, 3.05) is 6.54 Å². The number of rotatable bonds is 9. The van der Waals surface area contributed by atoms with Crippen LogP contribution in [0.2, 0.25) is 0 Å². The first-order chi connectivity index (χ1) is 17.9. The van der Waals surface area contributed by atoms with Gasteiger partial charge in [0.1, 0.15) is 6.04 Å². The average molecular weight is 499 g/mol. The molecule has 8 heteroatoms. The van der Waals surface area contributed by atoms with E-state index in [-0.39, 0.29) is 18.5 Å². The second-order valence-corrected chi connectivity index (χ2v) is 8.49. The van der Waals surface area contributed by atoms with E-state index in [9.17, 15) is 19.6 Å². The van der Waals surface area contributed by atoms with Gasteiger partial charge in [-0.1, -0.05) is 60.4 Å². The van der Waals surface area contributed by atoms with Gasteiger partial charge in [-0.15, -0.1) is 0 Å². The van der Waals surface area contributed by atoms with E-state index in [4.69, 9.17) is 0 Å². The van der Waals surface area contributed by atoms with Gasteiger partial charge < -0.3 is 16.0 Å². The highest BCUT2D eigenvalue weighted by Gasteiger charge is 2.28. The van der Waals surface area contributed by atoms with Crippen LogP contribution in [0.3, 0.4) is 0 Å². The number of benzene rings is 3. The van der Waals surface area contributed by atoms with Crippen LogP contribution in [-0.2, 0) is 9.59 Å². The molecule has 3 rings (SSSR count). The average Bonchev–Trinajstić information content (AvgIpc) is 2.94. The van der Waals surface area contributed by atoms with E-state index in [0.717, 1.165) is 16.7 Å². The van der Waals surface area contributed by atoms with Crippen molar-refractivity contribution in [1.82, 2.24) is 21.4 Å². The number of hydrogen-bond donors (Lipinski definition) is 5. The van der Waals surface area contributed by atoms with E-state index < -0.39 is 23.9 Å². The minimum Gasteiger partial charge on any atom is -0.350 e. The lowest BCUT2D eigenvalue weighted by atomic mass is 10.1. The summed E-state index contributed by atoms with van der Waals surface area (Å²) in [6.07, 6.45) is 0. The van der Waals surface area contributed by atoms with Crippen molar-refractivity contribution in [2.24, 2.45) is 0 Å². The van der Waals surface area contributed by atoms with Gasteiger partial charge in [0.2, 0.25) is 5.91 Å². The standard InChI is InChI=1S/C29H30N4O4/c1-20(24-11-7-4-8-12-24)30-19-26(34)31-21(2)27(29(36)33-37)32-28(35)25-17-15-23(16-18-25)14-13-22-9-5-3-6-10-22/h3-12,15-18,20-21,27,30,37H,19H2,1-2H3,(H,31,34)(H,32,35)(H,33,36)/t20?,21-,27+/m1/s1. The van der Waals surface area contributed by atoms with Gasteiger partial charge in [-0.2, -0.15) is 0 Å². The molecule has 5 N–H and O–H groups in total. The van der Waals surface area contributed by atoms with E-state index >= 15 is 0 Å². The van der Waals surface area contributed by atoms with Crippen LogP contribution >= 0.6 is 0 Å². The SMILES string of the molecule is CC(NCC(=O)N[C@H](C)[C@H](NC(=O)c1ccc(C#Cc2ccccc2)cc1)C(=O)NO)c1ccccc1. The quantitative estimate of drug-likeness (QED) is 0.177. The summed E-state index contributed by atoms with van der Waals surface area (Å²) in [4.78, 5) is 37.5. The molecule has 3 atom stereocenters. The predicted octanol–water partition coefficient (Wildman–Crippen LogP) is 2.55. The van der Waals surface area contributed by atoms with Crippen molar-refractivity contribution in [3.8, 4) is 11.8 Å². The summed E-state index contributed by atoms with van der Waals surface area (Å²) >= 11 is 0. The zero-order chi connectivity index (χ0) is 26.6. The highest BCUT2D eigenvalue weighted by molar-refractivity contribution is 5.98. The summed E-state index contributed by atoms with van der Waals surface area (Å²) in [5.74, 6) is 4.34. The van der Waals surface area contributed by atoms with Gasteiger partial charge in [-0.3, -0.25) is 19.6 Å². The topological polar surface area (TPSA) is 120 Å². The molecule has 3 amide bonds. The smallest absolute Gasteiger partial charge is 0.268 e. The maximum absolute atomic E-state index is 12.8. The summed E-state index contributed by atoms with van der Waals surface area (Å²) in [7, 11) is 0. The molecule has 0 saturated carbocycles. The summed E-state index contributed by atoms with van der Waals surface area (Å²) < 4.78 is 0. The van der Waals surface area contributed by atoms with Gasteiger partial charge in [0, 0.05) is 22.7 Å². The first-order valence-corrected chi connectivity index (χ1v) is 11.9. The molecule has 0 heterocycles. The minimum absolute atomic E-state index is 0.00723. The third-order valence-corrected chi connectivity index (χ3v) is 5.71. The Hall–Kier alpha value is -4.45. The molecule has 0 saturated heterocycles. The zero-order valence-corrected chi connectivity index (χ0v) is 20.7. The zero-order valence-electron chi connectivity index (χ0n) is 20.7. The lowest BCUT2D eigenvalue weighted by molar-refractivity contribution is -0.132. The lowest BCUT2D eigenvalue weighted by Gasteiger charge is -2.24. The first kappa shape index (κ1) is 27.1. The number of carbonyl (C=O) groups excluding carboxylic acids is 3. The normalized spacial score (nSPS) is 12.7. The number of carbonyl (C=O) groups is 3. The summed E-state index contributed by atoms with van der Waals surface area (Å²) in [6, 6.07) is 23.7. The second kappa shape index (κ2) is 13.6. The lowest BCUT2D eigenvalue weighted by Crippen LogP contribution is -2.58. The maximum atomic E-state index is 12.8. The predicted molar refractivity (Wildman–Crippen MR) is 141 cm³/mol. The van der Waals surface area contributed by atoms with Gasteiger partial charge in [0.25, 0.3) is 11.8 Å². The molecule has 8 nitrogen and oxygen atoms in total. The highest BCUT2D eigenvalue weighted by Crippen LogP contribution is 2.10. The van der Waals surface area contributed by atoms with Crippen LogP contribution in [0.15, 0.2) is 84.9 Å². The molecular formula is C29H30N4O4. The van der Waals surface area contributed by atoms with Crippen LogP contribution in [0, 0.1) is 11.8 Å². The molecule has 190 valence electrons. The van der Waals surface area contributed by atoms with Crippen LogP contribution in [0.1, 0.15) is 46.9 Å². The Morgan fingerprint density at radius 1 is 0.784 bits per heavy atom. The monoisotopic (exact) mass is 498 g/mol. The fourth-order valence-electron chi connectivity index (χ4n) is 3.58. The molecule has 3 aromatic carbocycles. The molecule has 0 radical (unpaired) electrons. The molecule has 0 bridgehead atoms. The first-order valence-electron chi connectivity index (χ1n) is 11.9. The van der Waals surface area contributed by atoms with Crippen molar-refractivity contribution >= 4 is 17.7 Å². The molecular weight excluding hydrogens is 468 g/mol. The number of hydrogen-bond acceptors (Lipinski definition) is 5. The largest absolute Gasteiger partial charge is 0.350 e.